The van der Waals surface area contributed by atoms with Crippen LogP contribution < -0.4 is 4.74 Å². The summed E-state index contributed by atoms with van der Waals surface area (Å²) in [7, 11) is 1.53. The lowest BCUT2D eigenvalue weighted by Crippen LogP contribution is -1.96. The Kier molecular flexibility index (Phi) is 4.11. The van der Waals surface area contributed by atoms with Crippen molar-refractivity contribution in [3.8, 4) is 5.75 Å². The summed E-state index contributed by atoms with van der Waals surface area (Å²) in [5.41, 5.74) is 0.669. The highest BCUT2D eigenvalue weighted by atomic mass is 79.9. The third-order valence-corrected chi connectivity index (χ3v) is 3.45. The molecule has 0 bridgehead atoms. The fourth-order valence-corrected chi connectivity index (χ4v) is 2.30. The number of ether oxygens (including phenoxy) is 1. The molecule has 0 radical (unpaired) electrons. The van der Waals surface area contributed by atoms with Crippen LogP contribution in [0, 0.1) is 10.1 Å². The van der Waals surface area contributed by atoms with Gasteiger partial charge in [0.05, 0.1) is 13.2 Å². The monoisotopic (exact) mass is 345 g/mol. The van der Waals surface area contributed by atoms with Gasteiger partial charge in [-0.3, -0.25) is 10.1 Å². The molecule has 0 fully saturated rings. The minimum Gasteiger partial charge on any atom is -0.496 e. The highest BCUT2D eigenvalue weighted by Crippen LogP contribution is 2.38. The van der Waals surface area contributed by atoms with Crippen LogP contribution in [0.5, 0.6) is 5.75 Å². The molecule has 7 heteroatoms. The number of nitrogens with zero attached hydrogens (tertiary/aromatic N) is 1. The molecule has 0 aliphatic carbocycles. The molecular weight excluding hydrogens is 337 g/mol. The van der Waals surface area contributed by atoms with Gasteiger partial charge in [-0.2, -0.15) is 0 Å². The summed E-state index contributed by atoms with van der Waals surface area (Å²) in [6.45, 7) is 0. The number of methoxy groups -OCH3 is 1. The summed E-state index contributed by atoms with van der Waals surface area (Å²) in [4.78, 5) is 9.98. The van der Waals surface area contributed by atoms with E-state index in [9.17, 15) is 10.1 Å². The van der Waals surface area contributed by atoms with Gasteiger partial charge in [-0.1, -0.05) is 15.9 Å². The fourth-order valence-electron chi connectivity index (χ4n) is 1.63. The number of halogens is 2. The molecule has 1 unspecified atom stereocenters. The van der Waals surface area contributed by atoms with Gasteiger partial charge >= 0.3 is 5.88 Å². The van der Waals surface area contributed by atoms with Crippen LogP contribution in [0.25, 0.3) is 0 Å². The van der Waals surface area contributed by atoms with Crippen LogP contribution in [0.2, 0.25) is 0 Å². The highest BCUT2D eigenvalue weighted by molar-refractivity contribution is 9.10. The van der Waals surface area contributed by atoms with Gasteiger partial charge in [0.1, 0.15) is 21.8 Å². The van der Waals surface area contributed by atoms with Crippen molar-refractivity contribution < 1.29 is 14.1 Å². The van der Waals surface area contributed by atoms with E-state index in [1.54, 1.807) is 12.1 Å². The lowest BCUT2D eigenvalue weighted by Gasteiger charge is -2.12. The number of rotatable bonds is 4. The summed E-state index contributed by atoms with van der Waals surface area (Å²) >= 11 is 9.63. The zero-order valence-electron chi connectivity index (χ0n) is 9.80. The van der Waals surface area contributed by atoms with E-state index in [2.05, 4.69) is 15.9 Å². The Morgan fingerprint density at radius 1 is 1.42 bits per heavy atom. The van der Waals surface area contributed by atoms with Gasteiger partial charge in [-0.25, -0.2) is 0 Å². The van der Waals surface area contributed by atoms with E-state index in [1.165, 1.54) is 19.2 Å². The van der Waals surface area contributed by atoms with E-state index >= 15 is 0 Å². The number of alkyl halides is 1. The topological polar surface area (TPSA) is 65.5 Å². The Hall–Kier alpha value is -1.53. The van der Waals surface area contributed by atoms with Gasteiger partial charge < -0.3 is 9.15 Å². The first-order chi connectivity index (χ1) is 9.02. The number of furan rings is 1. The molecule has 1 aromatic heterocycles. The van der Waals surface area contributed by atoms with Crippen LogP contribution in [-0.4, -0.2) is 12.0 Å². The van der Waals surface area contributed by atoms with Gasteiger partial charge in [0.25, 0.3) is 0 Å². The smallest absolute Gasteiger partial charge is 0.433 e. The van der Waals surface area contributed by atoms with Crippen LogP contribution in [0.4, 0.5) is 5.88 Å². The Balaban J connectivity index is 2.39. The fraction of sp³-hybridized carbons (Fsp3) is 0.167. The first-order valence-corrected chi connectivity index (χ1v) is 6.47. The van der Waals surface area contributed by atoms with Gasteiger partial charge in [-0.15, -0.1) is 11.6 Å². The molecule has 1 aromatic carbocycles. The number of hydrogen-bond acceptors (Lipinski definition) is 4. The summed E-state index contributed by atoms with van der Waals surface area (Å²) < 4.78 is 11.1. The Bertz CT molecular complexity index is 614. The quantitative estimate of drug-likeness (QED) is 0.470. The molecule has 5 nitrogen and oxygen atoms in total. The van der Waals surface area contributed by atoms with Gasteiger partial charge in [0.2, 0.25) is 0 Å². The Morgan fingerprint density at radius 2 is 2.16 bits per heavy atom. The second kappa shape index (κ2) is 5.63. The molecule has 1 heterocycles. The first kappa shape index (κ1) is 13.9. The van der Waals surface area contributed by atoms with E-state index < -0.39 is 10.3 Å². The van der Waals surface area contributed by atoms with Crippen molar-refractivity contribution >= 4 is 33.4 Å². The van der Waals surface area contributed by atoms with E-state index in [-0.39, 0.29) is 5.88 Å². The second-order valence-corrected chi connectivity index (χ2v) is 5.03. The summed E-state index contributed by atoms with van der Waals surface area (Å²) in [6.07, 6.45) is 0. The summed E-state index contributed by atoms with van der Waals surface area (Å²) in [5, 5.41) is 9.92. The largest absolute Gasteiger partial charge is 0.496 e. The van der Waals surface area contributed by atoms with Crippen molar-refractivity contribution in [3.63, 3.8) is 0 Å². The van der Waals surface area contributed by atoms with Crippen molar-refractivity contribution in [2.24, 2.45) is 0 Å². The molecular formula is C12H9BrClNO4. The molecule has 2 aromatic rings. The van der Waals surface area contributed by atoms with Crippen LogP contribution in [0.15, 0.2) is 39.2 Å². The molecule has 0 saturated carbocycles. The van der Waals surface area contributed by atoms with Crippen LogP contribution in [0.1, 0.15) is 16.7 Å². The number of nitro groups is 1. The summed E-state index contributed by atoms with van der Waals surface area (Å²) in [5.74, 6) is 0.543. The number of benzene rings is 1. The average Bonchev–Trinajstić information content (AvgIpc) is 2.87. The molecule has 0 N–H and O–H groups in total. The van der Waals surface area contributed by atoms with Crippen molar-refractivity contribution in [1.29, 1.82) is 0 Å². The molecule has 0 saturated heterocycles. The van der Waals surface area contributed by atoms with Gasteiger partial charge in [-0.05, 0) is 24.3 Å². The third kappa shape index (κ3) is 2.90. The van der Waals surface area contributed by atoms with E-state index in [0.29, 0.717) is 17.1 Å². The highest BCUT2D eigenvalue weighted by Gasteiger charge is 2.22. The van der Waals surface area contributed by atoms with Crippen molar-refractivity contribution in [1.82, 2.24) is 0 Å². The van der Waals surface area contributed by atoms with Crippen LogP contribution in [-0.2, 0) is 0 Å². The summed E-state index contributed by atoms with van der Waals surface area (Å²) in [6, 6.07) is 8.11. The SMILES string of the molecule is COc1ccc(Br)cc1C(Cl)c1ccc([N+](=O)[O-])o1. The molecule has 1 atom stereocenters. The average molecular weight is 347 g/mol. The predicted octanol–water partition coefficient (Wildman–Crippen LogP) is 4.29. The first-order valence-electron chi connectivity index (χ1n) is 5.24. The minimum atomic E-state index is -0.666. The molecule has 0 aliphatic rings. The lowest BCUT2D eigenvalue weighted by atomic mass is 10.1. The third-order valence-electron chi connectivity index (χ3n) is 2.51. The van der Waals surface area contributed by atoms with E-state index in [4.69, 9.17) is 20.8 Å². The zero-order valence-corrected chi connectivity index (χ0v) is 12.1. The zero-order chi connectivity index (χ0) is 14.0. The normalized spacial score (nSPS) is 12.2. The molecule has 100 valence electrons. The van der Waals surface area contributed by atoms with Crippen molar-refractivity contribution in [2.45, 2.75) is 5.38 Å². The maximum Gasteiger partial charge on any atom is 0.433 e. The molecule has 0 amide bonds. The minimum absolute atomic E-state index is 0.296. The maximum atomic E-state index is 10.6. The predicted molar refractivity (Wildman–Crippen MR) is 73.8 cm³/mol. The molecule has 19 heavy (non-hydrogen) atoms. The lowest BCUT2D eigenvalue weighted by molar-refractivity contribution is -0.402. The molecule has 0 spiro atoms. The maximum absolute atomic E-state index is 10.6. The van der Waals surface area contributed by atoms with Gasteiger partial charge in [0, 0.05) is 10.0 Å². The molecule has 0 aliphatic heterocycles. The van der Waals surface area contributed by atoms with Crippen molar-refractivity contribution in [2.75, 3.05) is 7.11 Å². The van der Waals surface area contributed by atoms with Crippen LogP contribution >= 0.6 is 27.5 Å². The Morgan fingerprint density at radius 3 is 2.74 bits per heavy atom. The van der Waals surface area contributed by atoms with Crippen LogP contribution in [0.3, 0.4) is 0 Å². The van der Waals surface area contributed by atoms with E-state index in [0.717, 1.165) is 4.47 Å². The number of hydrogen-bond donors (Lipinski definition) is 0. The van der Waals surface area contributed by atoms with Gasteiger partial charge in [0.15, 0.2) is 0 Å². The van der Waals surface area contributed by atoms with Crippen molar-refractivity contribution in [3.05, 3.63) is 56.2 Å². The Labute approximate surface area is 122 Å². The van der Waals surface area contributed by atoms with E-state index in [1.807, 2.05) is 6.07 Å². The molecule has 2 rings (SSSR count). The second-order valence-electron chi connectivity index (χ2n) is 3.68. The standard InChI is InChI=1S/C12H9BrClNO4/c1-18-9-3-2-7(13)6-8(9)12(14)10-4-5-11(19-10)15(16)17/h2-6,12H,1H3.